The van der Waals surface area contributed by atoms with Gasteiger partial charge in [-0.05, 0) is 45.0 Å². The molecule has 28 heavy (non-hydrogen) atoms. The fraction of sp³-hybridized carbons (Fsp3) is 0.450. The van der Waals surface area contributed by atoms with Crippen LogP contribution in [0.4, 0.5) is 0 Å². The number of Topliss-reactive ketones (excluding diaryl/α,β-unsaturated/α-hetero) is 1. The number of nitrogens with one attached hydrogen (secondary N) is 2. The number of rotatable bonds is 9. The Morgan fingerprint density at radius 3 is 2.57 bits per heavy atom. The zero-order valence-corrected chi connectivity index (χ0v) is 16.8. The predicted octanol–water partition coefficient (Wildman–Crippen LogP) is 2.35. The summed E-state index contributed by atoms with van der Waals surface area (Å²) in [4.78, 5) is 26.9. The number of nitrogens with zero attached hydrogens (tertiary/aromatic N) is 1. The van der Waals surface area contributed by atoms with Crippen LogP contribution < -0.4 is 11.1 Å². The number of halogens is 1. The predicted molar refractivity (Wildman–Crippen MR) is 110 cm³/mol. The summed E-state index contributed by atoms with van der Waals surface area (Å²) in [6.45, 7) is 4.48. The maximum Gasteiger partial charge on any atom is 0.344 e. The summed E-state index contributed by atoms with van der Waals surface area (Å²) >= 11 is 5.98. The smallest absolute Gasteiger partial charge is 0.344 e. The van der Waals surface area contributed by atoms with E-state index in [4.69, 9.17) is 27.5 Å². The van der Waals surface area contributed by atoms with Crippen LogP contribution in [0.3, 0.4) is 0 Å². The highest BCUT2D eigenvalue weighted by molar-refractivity contribution is 6.34. The maximum absolute atomic E-state index is 12.4. The number of benzene rings is 1. The lowest BCUT2D eigenvalue weighted by Gasteiger charge is -2.26. The number of hydrogen-bond acceptors (Lipinski definition) is 7. The molecule has 0 radical (unpaired) electrons. The number of carbonyl (C=O) groups excluding carboxylic acids is 2. The van der Waals surface area contributed by atoms with Crippen molar-refractivity contribution in [1.29, 1.82) is 5.41 Å². The number of piperidine rings is 1. The molecule has 0 spiro atoms. The van der Waals surface area contributed by atoms with Crippen molar-refractivity contribution in [2.24, 2.45) is 5.73 Å². The summed E-state index contributed by atoms with van der Waals surface area (Å²) in [5, 5.41) is 11.1. The highest BCUT2D eigenvalue weighted by Crippen LogP contribution is 2.16. The van der Waals surface area contributed by atoms with Gasteiger partial charge in [0.2, 0.25) is 5.78 Å². The van der Waals surface area contributed by atoms with Crippen LogP contribution >= 0.6 is 11.6 Å². The molecule has 1 aliphatic heterocycles. The monoisotopic (exact) mass is 406 g/mol. The van der Waals surface area contributed by atoms with E-state index in [1.807, 2.05) is 0 Å². The zero-order valence-electron chi connectivity index (χ0n) is 16.1. The van der Waals surface area contributed by atoms with Crippen molar-refractivity contribution in [2.45, 2.75) is 26.2 Å². The quantitative estimate of drug-likeness (QED) is 0.251. The van der Waals surface area contributed by atoms with E-state index in [0.717, 1.165) is 19.6 Å². The van der Waals surface area contributed by atoms with Gasteiger partial charge in [-0.2, -0.15) is 0 Å². The molecule has 1 saturated heterocycles. The molecule has 1 aromatic rings. The first-order valence-electron chi connectivity index (χ1n) is 9.36. The number of nitrogens with two attached hydrogens (primary N) is 1. The Kier molecular flexibility index (Phi) is 8.47. The highest BCUT2D eigenvalue weighted by atomic mass is 35.5. The summed E-state index contributed by atoms with van der Waals surface area (Å²) in [6, 6.07) is 6.54. The van der Waals surface area contributed by atoms with Crippen molar-refractivity contribution >= 4 is 29.1 Å². The Bertz CT molecular complexity index is 758. The molecule has 0 unspecified atom stereocenters. The molecule has 4 N–H and O–H groups in total. The third-order valence-corrected chi connectivity index (χ3v) is 4.88. The third-order valence-electron chi connectivity index (χ3n) is 4.55. The van der Waals surface area contributed by atoms with Crippen molar-refractivity contribution in [1.82, 2.24) is 10.2 Å². The first-order valence-corrected chi connectivity index (χ1v) is 9.74. The normalized spacial score (nSPS) is 15.5. The van der Waals surface area contributed by atoms with Crippen molar-refractivity contribution in [3.8, 4) is 0 Å². The van der Waals surface area contributed by atoms with Gasteiger partial charge in [-0.25, -0.2) is 4.79 Å². The molecule has 1 fully saturated rings. The van der Waals surface area contributed by atoms with E-state index in [2.05, 4.69) is 10.2 Å². The average molecular weight is 407 g/mol. The van der Waals surface area contributed by atoms with Crippen molar-refractivity contribution in [3.05, 3.63) is 46.2 Å². The van der Waals surface area contributed by atoms with Crippen LogP contribution in [0.2, 0.25) is 5.02 Å². The Balaban J connectivity index is 1.92. The minimum absolute atomic E-state index is 0.0295. The highest BCUT2D eigenvalue weighted by Gasteiger charge is 2.20. The number of ether oxygens (including phenoxy) is 1. The minimum Gasteiger partial charge on any atom is -0.454 e. The van der Waals surface area contributed by atoms with Crippen LogP contribution in [-0.2, 0) is 9.53 Å². The molecular weight excluding hydrogens is 380 g/mol. The number of esters is 1. The molecule has 0 saturated carbocycles. The van der Waals surface area contributed by atoms with E-state index in [-0.39, 0.29) is 22.7 Å². The molecule has 0 aliphatic carbocycles. The fourth-order valence-electron chi connectivity index (χ4n) is 3.05. The maximum atomic E-state index is 12.4. The van der Waals surface area contributed by atoms with E-state index in [1.165, 1.54) is 26.2 Å². The minimum atomic E-state index is -0.809. The second kappa shape index (κ2) is 10.8. The van der Waals surface area contributed by atoms with Gasteiger partial charge in [0.15, 0.2) is 6.61 Å². The van der Waals surface area contributed by atoms with E-state index in [0.29, 0.717) is 11.6 Å². The van der Waals surface area contributed by atoms with Crippen molar-refractivity contribution in [2.75, 3.05) is 32.8 Å². The first-order chi connectivity index (χ1) is 13.4. The summed E-state index contributed by atoms with van der Waals surface area (Å²) in [5.74, 6) is -1.15. The molecule has 1 aromatic carbocycles. The van der Waals surface area contributed by atoms with Crippen molar-refractivity contribution in [3.63, 3.8) is 0 Å². The van der Waals surface area contributed by atoms with Gasteiger partial charge in [0, 0.05) is 24.4 Å². The molecule has 0 bridgehead atoms. The second-order valence-electron chi connectivity index (χ2n) is 6.72. The molecule has 0 aromatic heterocycles. The van der Waals surface area contributed by atoms with Crippen LogP contribution in [0, 0.1) is 5.41 Å². The Labute approximate surface area is 170 Å². The van der Waals surface area contributed by atoms with Crippen LogP contribution in [0.5, 0.6) is 0 Å². The molecular formula is C20H27ClN4O3. The lowest BCUT2D eigenvalue weighted by Crippen LogP contribution is -2.38. The van der Waals surface area contributed by atoms with Crippen LogP contribution in [0.1, 0.15) is 36.5 Å². The van der Waals surface area contributed by atoms with Gasteiger partial charge in [0.25, 0.3) is 0 Å². The van der Waals surface area contributed by atoms with Gasteiger partial charge in [-0.15, -0.1) is 0 Å². The molecule has 152 valence electrons. The van der Waals surface area contributed by atoms with Crippen molar-refractivity contribution < 1.29 is 14.3 Å². The largest absolute Gasteiger partial charge is 0.454 e. The molecule has 2 rings (SSSR count). The van der Waals surface area contributed by atoms with Crippen LogP contribution in [0.15, 0.2) is 35.7 Å². The first kappa shape index (κ1) is 21.9. The Morgan fingerprint density at radius 2 is 1.93 bits per heavy atom. The van der Waals surface area contributed by atoms with Crippen LogP contribution in [-0.4, -0.2) is 55.2 Å². The molecule has 0 amide bonds. The zero-order chi connectivity index (χ0) is 20.5. The van der Waals surface area contributed by atoms with Gasteiger partial charge in [-0.3, -0.25) is 4.79 Å². The van der Waals surface area contributed by atoms with Crippen LogP contribution in [0.25, 0.3) is 0 Å². The fourth-order valence-corrected chi connectivity index (χ4v) is 3.29. The van der Waals surface area contributed by atoms with Gasteiger partial charge in [-0.1, -0.05) is 30.2 Å². The van der Waals surface area contributed by atoms with E-state index >= 15 is 0 Å². The number of hydrogen-bond donors (Lipinski definition) is 3. The molecule has 8 heteroatoms. The second-order valence-corrected chi connectivity index (χ2v) is 7.13. The third kappa shape index (κ3) is 6.35. The molecule has 7 nitrogen and oxygen atoms in total. The van der Waals surface area contributed by atoms with Gasteiger partial charge < -0.3 is 26.1 Å². The van der Waals surface area contributed by atoms with E-state index < -0.39 is 18.4 Å². The van der Waals surface area contributed by atoms with E-state index in [9.17, 15) is 9.59 Å². The number of likely N-dealkylation sites (tertiary alicyclic amines) is 1. The Hall–Kier alpha value is -2.38. The summed E-state index contributed by atoms with van der Waals surface area (Å²) < 4.78 is 5.08. The standard InChI is InChI=1S/C20H27ClN4O3/c1-14(22)18(19(23)24-9-12-25-10-5-2-6-11-25)20(27)28-13-17(26)15-7-3-4-8-16(15)21/h3-4,7-8,22,24H,2,5-6,9-13,23H2,1H3/b19-18+,22-14?. The summed E-state index contributed by atoms with van der Waals surface area (Å²) in [7, 11) is 0. The molecule has 0 atom stereocenters. The number of ketones is 1. The van der Waals surface area contributed by atoms with Gasteiger partial charge in [0.1, 0.15) is 11.4 Å². The topological polar surface area (TPSA) is 109 Å². The molecule has 1 aliphatic rings. The summed E-state index contributed by atoms with van der Waals surface area (Å²) in [5.41, 5.74) is 6.16. The van der Waals surface area contributed by atoms with E-state index in [1.54, 1.807) is 24.3 Å². The summed E-state index contributed by atoms with van der Waals surface area (Å²) in [6.07, 6.45) is 3.66. The van der Waals surface area contributed by atoms with Gasteiger partial charge >= 0.3 is 5.97 Å². The number of carbonyl (C=O) groups is 2. The average Bonchev–Trinajstić information content (AvgIpc) is 2.67. The Morgan fingerprint density at radius 1 is 1.25 bits per heavy atom. The lowest BCUT2D eigenvalue weighted by molar-refractivity contribution is -0.137. The van der Waals surface area contributed by atoms with Gasteiger partial charge in [0.05, 0.1) is 5.02 Å². The SMILES string of the molecule is CC(=N)/C(C(=O)OCC(=O)c1ccccc1Cl)=C(/N)NCCN1CCCCC1. The lowest BCUT2D eigenvalue weighted by atomic mass is 10.1. The molecule has 1 heterocycles.